The Labute approximate surface area is 204 Å². The largest absolute Gasteiger partial charge is 0.477 e. The number of carboxylic acids is 1. The van der Waals surface area contributed by atoms with Crippen LogP contribution in [-0.4, -0.2) is 73.6 Å². The summed E-state index contributed by atoms with van der Waals surface area (Å²) in [6.07, 6.45) is 1.37. The van der Waals surface area contributed by atoms with Gasteiger partial charge < -0.3 is 25.4 Å². The number of amides is 2. The number of carbonyl (C=O) groups is 4. The van der Waals surface area contributed by atoms with E-state index in [2.05, 4.69) is 15.5 Å². The summed E-state index contributed by atoms with van der Waals surface area (Å²) in [5, 5.41) is 16.8. The lowest BCUT2D eigenvalue weighted by Gasteiger charge is -2.49. The number of nitrogens with one attached hydrogen (secondary N) is 1. The van der Waals surface area contributed by atoms with Gasteiger partial charge in [0.15, 0.2) is 16.6 Å². The van der Waals surface area contributed by atoms with E-state index in [4.69, 9.17) is 15.0 Å². The smallest absolute Gasteiger partial charge is 0.352 e. The molecule has 0 bridgehead atoms. The minimum atomic E-state index is -1.29. The van der Waals surface area contributed by atoms with Crippen molar-refractivity contribution < 1.29 is 33.5 Å². The number of thiazole rings is 1. The van der Waals surface area contributed by atoms with Gasteiger partial charge in [-0.2, -0.15) is 0 Å². The molecular weight excluding hydrogens is 506 g/mol. The molecule has 4 N–H and O–H groups in total. The number of fused-ring (bicyclic) bond motifs is 1. The van der Waals surface area contributed by atoms with Gasteiger partial charge in [-0.3, -0.25) is 19.3 Å². The van der Waals surface area contributed by atoms with Crippen molar-refractivity contribution in [3.8, 4) is 0 Å². The predicted octanol–water partition coefficient (Wildman–Crippen LogP) is 0.981. The lowest BCUT2D eigenvalue weighted by molar-refractivity contribution is -0.150. The van der Waals surface area contributed by atoms with Gasteiger partial charge in [0.05, 0.1) is 6.26 Å². The molecule has 2 aromatic rings. The van der Waals surface area contributed by atoms with E-state index in [1.54, 1.807) is 6.07 Å². The average molecular weight is 524 g/mol. The third-order valence-corrected chi connectivity index (χ3v) is 7.77. The molecule has 0 saturated carbocycles. The highest BCUT2D eigenvalue weighted by Gasteiger charge is 2.54. The van der Waals surface area contributed by atoms with Crippen LogP contribution in [0.15, 0.2) is 44.6 Å². The highest BCUT2D eigenvalue weighted by molar-refractivity contribution is 8.14. The molecule has 0 aromatic carbocycles. The van der Waals surface area contributed by atoms with Gasteiger partial charge in [-0.15, -0.1) is 23.1 Å². The summed E-state index contributed by atoms with van der Waals surface area (Å²) in [6, 6.07) is 2.13. The molecule has 2 aliphatic heterocycles. The SMILES string of the molecule is CON=C(C(=O)N[C@H]1C(=O)N2C(C(=O)O)=C(CSC(=O)c3ccco3)CS[C@H]12)c1csc(N)n1. The van der Waals surface area contributed by atoms with Crippen molar-refractivity contribution in [1.82, 2.24) is 15.2 Å². The molecule has 34 heavy (non-hydrogen) atoms. The van der Waals surface area contributed by atoms with Crippen molar-refractivity contribution >= 4 is 68.6 Å². The Morgan fingerprint density at radius 1 is 1.47 bits per heavy atom. The fourth-order valence-electron chi connectivity index (χ4n) is 3.31. The summed E-state index contributed by atoms with van der Waals surface area (Å²) >= 11 is 3.29. The third-order valence-electron chi connectivity index (χ3n) is 4.80. The second kappa shape index (κ2) is 9.90. The molecule has 2 aromatic heterocycles. The van der Waals surface area contributed by atoms with Gasteiger partial charge >= 0.3 is 5.97 Å². The number of furan rings is 1. The van der Waals surface area contributed by atoms with E-state index in [1.165, 1.54) is 36.6 Å². The molecule has 0 spiro atoms. The van der Waals surface area contributed by atoms with E-state index in [9.17, 15) is 24.3 Å². The quantitative estimate of drug-likeness (QED) is 0.255. The van der Waals surface area contributed by atoms with Crippen LogP contribution < -0.4 is 11.1 Å². The maximum Gasteiger partial charge on any atom is 0.352 e. The molecule has 0 aliphatic carbocycles. The summed E-state index contributed by atoms with van der Waals surface area (Å²) in [6.45, 7) is 0. The number of nitrogen functional groups attached to an aromatic ring is 1. The van der Waals surface area contributed by atoms with Crippen LogP contribution in [0.25, 0.3) is 0 Å². The van der Waals surface area contributed by atoms with Gasteiger partial charge in [0.25, 0.3) is 16.9 Å². The second-order valence-corrected chi connectivity index (χ2v) is 9.81. The van der Waals surface area contributed by atoms with E-state index >= 15 is 0 Å². The highest BCUT2D eigenvalue weighted by atomic mass is 32.2. The van der Waals surface area contributed by atoms with E-state index in [1.807, 2.05) is 0 Å². The third kappa shape index (κ3) is 4.53. The molecule has 0 radical (unpaired) electrons. The molecule has 1 saturated heterocycles. The lowest BCUT2D eigenvalue weighted by Crippen LogP contribution is -2.71. The number of nitrogens with zero attached hydrogens (tertiary/aromatic N) is 3. The topological polar surface area (TPSA) is 177 Å². The Bertz CT molecular complexity index is 1210. The first-order valence-corrected chi connectivity index (χ1v) is 12.5. The summed E-state index contributed by atoms with van der Waals surface area (Å²) < 4.78 is 5.05. The summed E-state index contributed by atoms with van der Waals surface area (Å²) in [5.41, 5.74) is 5.89. The number of β-lactam (4-membered cyclic amide) rings is 1. The monoisotopic (exact) mass is 523 g/mol. The van der Waals surface area contributed by atoms with Gasteiger partial charge in [-0.25, -0.2) is 9.78 Å². The maximum atomic E-state index is 12.8. The number of aromatic nitrogens is 1. The second-order valence-electron chi connectivity index (χ2n) is 6.87. The number of carbonyl (C=O) groups excluding carboxylic acids is 3. The van der Waals surface area contributed by atoms with Crippen molar-refractivity contribution in [2.24, 2.45) is 5.16 Å². The molecule has 0 unspecified atom stereocenters. The number of oxime groups is 1. The molecule has 1 fully saturated rings. The maximum absolute atomic E-state index is 12.8. The minimum Gasteiger partial charge on any atom is -0.477 e. The number of hydrogen-bond donors (Lipinski definition) is 3. The molecule has 2 atom stereocenters. The standard InChI is InChI=1S/C19H17N5O7S3/c1-30-23-11(9-7-34-19(20)21-9)14(25)22-12-15(26)24-13(17(27)28)8(5-32-16(12)24)6-33-18(29)10-3-2-4-31-10/h2-4,7,12,16H,5-6H2,1H3,(H2,20,21)(H,22,25)(H,27,28)/t12-,16+/m0/s1. The Hall–Kier alpha value is -3.30. The number of aliphatic carboxylic acids is 1. The normalized spacial score (nSPS) is 20.0. The lowest BCUT2D eigenvalue weighted by atomic mass is 10.0. The molecule has 178 valence electrons. The van der Waals surface area contributed by atoms with E-state index in [0.717, 1.165) is 28.0 Å². The fraction of sp³-hybridized carbons (Fsp3) is 0.263. The van der Waals surface area contributed by atoms with Crippen molar-refractivity contribution in [2.45, 2.75) is 11.4 Å². The van der Waals surface area contributed by atoms with Gasteiger partial charge in [0.2, 0.25) is 0 Å². The predicted molar refractivity (Wildman–Crippen MR) is 125 cm³/mol. The van der Waals surface area contributed by atoms with Crippen molar-refractivity contribution in [2.75, 3.05) is 24.3 Å². The zero-order valence-electron chi connectivity index (χ0n) is 17.4. The number of carboxylic acid groups (broad SMARTS) is 1. The van der Waals surface area contributed by atoms with Gasteiger partial charge in [0.1, 0.15) is 29.9 Å². The zero-order chi connectivity index (χ0) is 24.4. The Morgan fingerprint density at radius 2 is 2.26 bits per heavy atom. The van der Waals surface area contributed by atoms with Gasteiger partial charge in [-0.1, -0.05) is 16.9 Å². The molecule has 4 heterocycles. The molecule has 15 heteroatoms. The first-order valence-electron chi connectivity index (χ1n) is 9.55. The first kappa shape index (κ1) is 23.8. The Balaban J connectivity index is 1.47. The number of rotatable bonds is 8. The molecule has 2 amide bonds. The van der Waals surface area contributed by atoms with E-state index < -0.39 is 29.2 Å². The van der Waals surface area contributed by atoms with Crippen LogP contribution in [0, 0.1) is 0 Å². The van der Waals surface area contributed by atoms with Crippen molar-refractivity contribution in [3.05, 3.63) is 46.5 Å². The zero-order valence-corrected chi connectivity index (χ0v) is 19.9. The molecule has 2 aliphatic rings. The van der Waals surface area contributed by atoms with Crippen LogP contribution in [0.4, 0.5) is 5.13 Å². The molecule has 12 nitrogen and oxygen atoms in total. The van der Waals surface area contributed by atoms with Crippen LogP contribution in [0.5, 0.6) is 0 Å². The van der Waals surface area contributed by atoms with Crippen LogP contribution in [-0.2, 0) is 19.2 Å². The Kier molecular flexibility index (Phi) is 6.95. The first-order chi connectivity index (χ1) is 16.3. The van der Waals surface area contributed by atoms with Crippen LogP contribution >= 0.6 is 34.9 Å². The fourth-order valence-corrected chi connectivity index (χ4v) is 6.14. The van der Waals surface area contributed by atoms with Crippen molar-refractivity contribution in [3.63, 3.8) is 0 Å². The van der Waals surface area contributed by atoms with E-state index in [0.29, 0.717) is 5.57 Å². The summed E-state index contributed by atoms with van der Waals surface area (Å²) in [4.78, 5) is 59.6. The van der Waals surface area contributed by atoms with Crippen molar-refractivity contribution in [1.29, 1.82) is 0 Å². The van der Waals surface area contributed by atoms with Gasteiger partial charge in [0, 0.05) is 16.9 Å². The van der Waals surface area contributed by atoms with Gasteiger partial charge in [-0.05, 0) is 17.7 Å². The number of thioether (sulfide) groups is 2. The average Bonchev–Trinajstić information content (AvgIpc) is 3.50. The van der Waals surface area contributed by atoms with Crippen LogP contribution in [0.3, 0.4) is 0 Å². The van der Waals surface area contributed by atoms with Crippen LogP contribution in [0.2, 0.25) is 0 Å². The highest BCUT2D eigenvalue weighted by Crippen LogP contribution is 2.41. The molecule has 4 rings (SSSR count). The van der Waals surface area contributed by atoms with E-state index in [-0.39, 0.29) is 44.6 Å². The van der Waals surface area contributed by atoms with Crippen LogP contribution in [0.1, 0.15) is 16.2 Å². The number of nitrogens with two attached hydrogens (primary N) is 1. The summed E-state index contributed by atoms with van der Waals surface area (Å²) in [5.74, 6) is -2.08. The minimum absolute atomic E-state index is 0.0809. The number of anilines is 1. The summed E-state index contributed by atoms with van der Waals surface area (Å²) in [7, 11) is 1.26. The number of hydrogen-bond acceptors (Lipinski definition) is 12. The Morgan fingerprint density at radius 3 is 2.88 bits per heavy atom. The molecular formula is C19H17N5O7S3.